The van der Waals surface area contributed by atoms with Crippen LogP contribution in [0.2, 0.25) is 0 Å². The van der Waals surface area contributed by atoms with Crippen molar-refractivity contribution >= 4 is 12.6 Å². The number of hydrogen-bond donors (Lipinski definition) is 1. The van der Waals surface area contributed by atoms with Crippen molar-refractivity contribution in [2.75, 3.05) is 7.11 Å². The Kier molecular flexibility index (Phi) is 3.01. The van der Waals surface area contributed by atoms with Gasteiger partial charge in [0.2, 0.25) is 0 Å². The van der Waals surface area contributed by atoms with Crippen molar-refractivity contribution in [3.05, 3.63) is 29.6 Å². The second-order valence-electron chi connectivity index (χ2n) is 2.41. The molecule has 0 aliphatic carbocycles. The molecule has 0 saturated heterocycles. The van der Waals surface area contributed by atoms with Crippen molar-refractivity contribution in [2.24, 2.45) is 0 Å². The molecular formula is C8H7BFNO2. The van der Waals surface area contributed by atoms with Gasteiger partial charge in [-0.2, -0.15) is 5.26 Å². The van der Waals surface area contributed by atoms with E-state index in [1.54, 1.807) is 6.07 Å². The number of nitriles is 1. The summed E-state index contributed by atoms with van der Waals surface area (Å²) < 4.78 is 17.8. The van der Waals surface area contributed by atoms with Gasteiger partial charge in [0.05, 0.1) is 5.56 Å². The van der Waals surface area contributed by atoms with E-state index < -0.39 is 12.9 Å². The average Bonchev–Trinajstić information content (AvgIpc) is 2.17. The van der Waals surface area contributed by atoms with Gasteiger partial charge < -0.3 is 9.68 Å². The predicted molar refractivity (Wildman–Crippen MR) is 45.7 cm³/mol. The van der Waals surface area contributed by atoms with E-state index in [9.17, 15) is 4.39 Å². The standard InChI is InChI=1S/C8H7BFNO2/c1-13-9(12)7-4-2-3-6(5-11)8(7)10/h2-4,12H,1H3. The second kappa shape index (κ2) is 4.03. The maximum Gasteiger partial charge on any atom is 0.494 e. The minimum Gasteiger partial charge on any atom is -0.423 e. The van der Waals surface area contributed by atoms with Gasteiger partial charge in [0.25, 0.3) is 0 Å². The van der Waals surface area contributed by atoms with Crippen LogP contribution in [-0.2, 0) is 4.65 Å². The normalized spacial score (nSPS) is 9.38. The van der Waals surface area contributed by atoms with Crippen molar-refractivity contribution in [1.29, 1.82) is 5.26 Å². The molecule has 3 nitrogen and oxygen atoms in total. The average molecular weight is 179 g/mol. The first kappa shape index (κ1) is 9.71. The molecule has 0 bridgehead atoms. The molecule has 0 amide bonds. The Morgan fingerprint density at radius 2 is 2.31 bits per heavy atom. The highest BCUT2D eigenvalue weighted by atomic mass is 19.1. The van der Waals surface area contributed by atoms with Crippen LogP contribution >= 0.6 is 0 Å². The Bertz CT molecular complexity index is 350. The van der Waals surface area contributed by atoms with Gasteiger partial charge in [-0.1, -0.05) is 12.1 Å². The summed E-state index contributed by atoms with van der Waals surface area (Å²) in [4.78, 5) is 0. The smallest absolute Gasteiger partial charge is 0.423 e. The summed E-state index contributed by atoms with van der Waals surface area (Å²) in [6, 6.07) is 5.86. The van der Waals surface area contributed by atoms with Crippen LogP contribution in [-0.4, -0.2) is 19.3 Å². The fraction of sp³-hybridized carbons (Fsp3) is 0.125. The van der Waals surface area contributed by atoms with Crippen LogP contribution in [0.5, 0.6) is 0 Å². The first-order chi connectivity index (χ1) is 6.20. The second-order valence-corrected chi connectivity index (χ2v) is 2.41. The molecule has 13 heavy (non-hydrogen) atoms. The highest BCUT2D eigenvalue weighted by Crippen LogP contribution is 2.03. The van der Waals surface area contributed by atoms with E-state index in [1.165, 1.54) is 25.3 Å². The first-order valence-electron chi connectivity index (χ1n) is 3.60. The molecule has 0 aliphatic rings. The topological polar surface area (TPSA) is 53.2 Å². The Balaban J connectivity index is 3.17. The van der Waals surface area contributed by atoms with Crippen molar-refractivity contribution in [3.8, 4) is 6.07 Å². The molecule has 0 aliphatic heterocycles. The summed E-state index contributed by atoms with van der Waals surface area (Å²) in [5, 5.41) is 17.6. The molecular weight excluding hydrogens is 172 g/mol. The van der Waals surface area contributed by atoms with Crippen LogP contribution < -0.4 is 5.46 Å². The molecule has 0 saturated carbocycles. The summed E-state index contributed by atoms with van der Waals surface area (Å²) in [7, 11) is -0.0725. The Morgan fingerprint density at radius 1 is 1.62 bits per heavy atom. The SMILES string of the molecule is COB(O)c1cccc(C#N)c1F. The van der Waals surface area contributed by atoms with Crippen molar-refractivity contribution in [1.82, 2.24) is 0 Å². The molecule has 0 heterocycles. The van der Waals surface area contributed by atoms with E-state index in [1.807, 2.05) is 0 Å². The molecule has 0 unspecified atom stereocenters. The third-order valence-electron chi connectivity index (χ3n) is 1.64. The fourth-order valence-electron chi connectivity index (χ4n) is 0.954. The largest absolute Gasteiger partial charge is 0.494 e. The predicted octanol–water partition coefficient (Wildman–Crippen LogP) is 0.0313. The minimum absolute atomic E-state index is 0.0263. The van der Waals surface area contributed by atoms with Crippen molar-refractivity contribution in [3.63, 3.8) is 0 Å². The highest BCUT2D eigenvalue weighted by molar-refractivity contribution is 6.60. The van der Waals surface area contributed by atoms with Gasteiger partial charge in [0.15, 0.2) is 0 Å². The highest BCUT2D eigenvalue weighted by Gasteiger charge is 2.20. The zero-order valence-corrected chi connectivity index (χ0v) is 6.99. The summed E-state index contributed by atoms with van der Waals surface area (Å²) in [5.74, 6) is -0.737. The summed E-state index contributed by atoms with van der Waals surface area (Å²) >= 11 is 0. The van der Waals surface area contributed by atoms with Crippen LogP contribution in [0.1, 0.15) is 5.56 Å². The van der Waals surface area contributed by atoms with Gasteiger partial charge in [-0.05, 0) is 6.07 Å². The molecule has 0 fully saturated rings. The Morgan fingerprint density at radius 3 is 2.85 bits per heavy atom. The molecule has 0 aromatic heterocycles. The molecule has 0 spiro atoms. The quantitative estimate of drug-likeness (QED) is 0.651. The van der Waals surface area contributed by atoms with Gasteiger partial charge in [-0.25, -0.2) is 4.39 Å². The van der Waals surface area contributed by atoms with Crippen LogP contribution in [0.4, 0.5) is 4.39 Å². The third kappa shape index (κ3) is 1.86. The summed E-state index contributed by atoms with van der Waals surface area (Å²) in [5.41, 5.74) is -0.129. The van der Waals surface area contributed by atoms with Crippen LogP contribution in [0.3, 0.4) is 0 Å². The summed E-state index contributed by atoms with van der Waals surface area (Å²) in [6.07, 6.45) is 0. The number of nitrogens with zero attached hydrogens (tertiary/aromatic N) is 1. The molecule has 1 aromatic rings. The van der Waals surface area contributed by atoms with E-state index >= 15 is 0 Å². The van der Waals surface area contributed by atoms with E-state index in [2.05, 4.69) is 4.65 Å². The maximum atomic E-state index is 13.2. The molecule has 66 valence electrons. The van der Waals surface area contributed by atoms with Gasteiger partial charge in [-0.15, -0.1) is 0 Å². The number of halogens is 1. The van der Waals surface area contributed by atoms with Crippen LogP contribution in [0.25, 0.3) is 0 Å². The lowest BCUT2D eigenvalue weighted by atomic mass is 9.78. The van der Waals surface area contributed by atoms with Crippen LogP contribution in [0, 0.1) is 17.1 Å². The van der Waals surface area contributed by atoms with Gasteiger partial charge in [0, 0.05) is 12.6 Å². The first-order valence-corrected chi connectivity index (χ1v) is 3.60. The molecule has 1 N–H and O–H groups in total. The van der Waals surface area contributed by atoms with E-state index in [4.69, 9.17) is 10.3 Å². The number of hydrogen-bond acceptors (Lipinski definition) is 3. The van der Waals surface area contributed by atoms with E-state index in [0.717, 1.165) is 0 Å². The Labute approximate surface area is 75.5 Å². The zero-order valence-electron chi connectivity index (χ0n) is 6.99. The lowest BCUT2D eigenvalue weighted by molar-refractivity contribution is 0.340. The van der Waals surface area contributed by atoms with Crippen molar-refractivity contribution in [2.45, 2.75) is 0 Å². The van der Waals surface area contributed by atoms with E-state index in [-0.39, 0.29) is 11.0 Å². The number of benzene rings is 1. The van der Waals surface area contributed by atoms with Gasteiger partial charge in [-0.3, -0.25) is 0 Å². The maximum absolute atomic E-state index is 13.2. The lowest BCUT2D eigenvalue weighted by Crippen LogP contribution is -2.35. The molecule has 1 rings (SSSR count). The third-order valence-corrected chi connectivity index (χ3v) is 1.64. The van der Waals surface area contributed by atoms with Crippen LogP contribution in [0.15, 0.2) is 18.2 Å². The van der Waals surface area contributed by atoms with Gasteiger partial charge in [0.1, 0.15) is 11.9 Å². The molecule has 0 radical (unpaired) electrons. The monoisotopic (exact) mass is 179 g/mol. The van der Waals surface area contributed by atoms with E-state index in [0.29, 0.717) is 0 Å². The molecule has 0 atom stereocenters. The number of rotatable bonds is 2. The van der Waals surface area contributed by atoms with Gasteiger partial charge >= 0.3 is 7.12 Å². The fourth-order valence-corrected chi connectivity index (χ4v) is 0.954. The van der Waals surface area contributed by atoms with Crippen molar-refractivity contribution < 1.29 is 14.1 Å². The zero-order chi connectivity index (χ0) is 9.84. The Hall–Kier alpha value is -1.38. The lowest BCUT2D eigenvalue weighted by Gasteiger charge is -2.05. The molecule has 5 heteroatoms. The molecule has 1 aromatic carbocycles. The minimum atomic E-state index is -1.33. The summed E-state index contributed by atoms with van der Waals surface area (Å²) in [6.45, 7) is 0.